The highest BCUT2D eigenvalue weighted by Crippen LogP contribution is 2.34. The Labute approximate surface area is 190 Å². The predicted octanol–water partition coefficient (Wildman–Crippen LogP) is 3.44. The van der Waals surface area contributed by atoms with Crippen LogP contribution in [0.5, 0.6) is 11.5 Å². The first-order chi connectivity index (χ1) is 15.7. The first kappa shape index (κ1) is 22.6. The van der Waals surface area contributed by atoms with Crippen molar-refractivity contribution in [3.8, 4) is 22.6 Å². The number of nitrogens with one attached hydrogen (secondary N) is 1. The molecule has 0 saturated carbocycles. The van der Waals surface area contributed by atoms with E-state index < -0.39 is 0 Å². The molecule has 174 valence electrons. The van der Waals surface area contributed by atoms with E-state index in [9.17, 15) is 0 Å². The normalized spacial score (nSPS) is 17.4. The fraction of sp³-hybridized carbons (Fsp3) is 0.583. The summed E-state index contributed by atoms with van der Waals surface area (Å²) in [4.78, 5) is 11.4. The Kier molecular flexibility index (Phi) is 8.01. The van der Waals surface area contributed by atoms with Crippen molar-refractivity contribution in [3.63, 3.8) is 0 Å². The van der Waals surface area contributed by atoms with Crippen molar-refractivity contribution in [2.45, 2.75) is 32.1 Å². The average Bonchev–Trinajstić information content (AvgIpc) is 3.35. The number of nitrogens with zero attached hydrogens (tertiary/aromatic N) is 3. The minimum atomic E-state index is 0.444. The number of hydrogen-bond donors (Lipinski definition) is 2. The Bertz CT molecular complexity index is 867. The van der Waals surface area contributed by atoms with Crippen LogP contribution in [0.3, 0.4) is 0 Å². The van der Waals surface area contributed by atoms with Crippen LogP contribution in [0, 0.1) is 5.92 Å². The van der Waals surface area contributed by atoms with Crippen LogP contribution in [0.4, 0.5) is 11.8 Å². The van der Waals surface area contributed by atoms with Crippen molar-refractivity contribution in [1.29, 1.82) is 0 Å². The molecule has 2 fully saturated rings. The summed E-state index contributed by atoms with van der Waals surface area (Å²) in [5, 5.41) is 3.31. The van der Waals surface area contributed by atoms with Gasteiger partial charge >= 0.3 is 0 Å². The fourth-order valence-corrected chi connectivity index (χ4v) is 4.32. The van der Waals surface area contributed by atoms with Crippen LogP contribution >= 0.6 is 0 Å². The van der Waals surface area contributed by atoms with E-state index in [0.29, 0.717) is 35.8 Å². The van der Waals surface area contributed by atoms with Crippen LogP contribution in [-0.2, 0) is 4.74 Å². The molecule has 1 aromatic heterocycles. The van der Waals surface area contributed by atoms with Crippen LogP contribution in [-0.4, -0.2) is 68.0 Å². The lowest BCUT2D eigenvalue weighted by molar-refractivity contribution is 0.0699. The van der Waals surface area contributed by atoms with Crippen molar-refractivity contribution in [1.82, 2.24) is 14.9 Å². The highest BCUT2D eigenvalue weighted by molar-refractivity contribution is 5.75. The number of likely N-dealkylation sites (tertiary alicyclic amines) is 1. The van der Waals surface area contributed by atoms with Crippen molar-refractivity contribution in [2.75, 3.05) is 64.2 Å². The molecule has 1 aromatic carbocycles. The van der Waals surface area contributed by atoms with E-state index in [4.69, 9.17) is 19.9 Å². The molecular formula is C24H35N5O3. The lowest BCUT2D eigenvalue weighted by atomic mass is 10.0. The molecular weight excluding hydrogens is 406 g/mol. The molecule has 2 saturated heterocycles. The van der Waals surface area contributed by atoms with Gasteiger partial charge in [0.05, 0.1) is 13.7 Å². The molecule has 2 aliphatic heterocycles. The van der Waals surface area contributed by atoms with Gasteiger partial charge in [-0.1, -0.05) is 6.07 Å². The summed E-state index contributed by atoms with van der Waals surface area (Å²) in [5.41, 5.74) is 7.98. The SMILES string of the molecule is COc1ccc(-c2cnc(NCC3CCOCC3)nc2N)cc1OCCCN1CCCC1. The van der Waals surface area contributed by atoms with Gasteiger partial charge in [0.1, 0.15) is 5.82 Å². The molecule has 0 spiro atoms. The topological polar surface area (TPSA) is 94.8 Å². The summed E-state index contributed by atoms with van der Waals surface area (Å²) in [7, 11) is 1.66. The van der Waals surface area contributed by atoms with Crippen molar-refractivity contribution in [2.24, 2.45) is 5.92 Å². The molecule has 0 aliphatic carbocycles. The summed E-state index contributed by atoms with van der Waals surface area (Å²) in [6.07, 6.45) is 7.51. The quantitative estimate of drug-likeness (QED) is 0.542. The van der Waals surface area contributed by atoms with Crippen molar-refractivity contribution in [3.05, 3.63) is 24.4 Å². The van der Waals surface area contributed by atoms with Crippen molar-refractivity contribution >= 4 is 11.8 Å². The van der Waals surface area contributed by atoms with E-state index >= 15 is 0 Å². The largest absolute Gasteiger partial charge is 0.493 e. The molecule has 0 atom stereocenters. The lowest BCUT2D eigenvalue weighted by Crippen LogP contribution is -2.23. The van der Waals surface area contributed by atoms with Crippen LogP contribution in [0.1, 0.15) is 32.1 Å². The number of ether oxygens (including phenoxy) is 3. The molecule has 0 bridgehead atoms. The summed E-state index contributed by atoms with van der Waals surface area (Å²) in [6, 6.07) is 5.82. The summed E-state index contributed by atoms with van der Waals surface area (Å²) >= 11 is 0. The van der Waals surface area contributed by atoms with Crippen LogP contribution in [0.25, 0.3) is 11.1 Å². The van der Waals surface area contributed by atoms with Gasteiger partial charge in [-0.2, -0.15) is 4.98 Å². The van der Waals surface area contributed by atoms with Crippen LogP contribution in [0.15, 0.2) is 24.4 Å². The number of nitrogen functional groups attached to an aromatic ring is 1. The Hall–Kier alpha value is -2.58. The summed E-state index contributed by atoms with van der Waals surface area (Å²) < 4.78 is 17.0. The monoisotopic (exact) mass is 441 g/mol. The molecule has 0 radical (unpaired) electrons. The Morgan fingerprint density at radius 2 is 2.00 bits per heavy atom. The molecule has 2 aliphatic rings. The smallest absolute Gasteiger partial charge is 0.224 e. The highest BCUT2D eigenvalue weighted by Gasteiger charge is 2.16. The summed E-state index contributed by atoms with van der Waals surface area (Å²) in [6.45, 7) is 6.63. The summed E-state index contributed by atoms with van der Waals surface area (Å²) in [5.74, 6) is 3.01. The second-order valence-corrected chi connectivity index (χ2v) is 8.55. The molecule has 4 rings (SSSR count). The lowest BCUT2D eigenvalue weighted by Gasteiger charge is -2.22. The zero-order valence-electron chi connectivity index (χ0n) is 19.0. The molecule has 0 amide bonds. The zero-order chi connectivity index (χ0) is 22.2. The predicted molar refractivity (Wildman–Crippen MR) is 126 cm³/mol. The fourth-order valence-electron chi connectivity index (χ4n) is 4.32. The number of nitrogens with two attached hydrogens (primary N) is 1. The minimum absolute atomic E-state index is 0.444. The van der Waals surface area contributed by atoms with E-state index in [1.807, 2.05) is 18.2 Å². The van der Waals surface area contributed by atoms with E-state index in [0.717, 1.165) is 56.7 Å². The highest BCUT2D eigenvalue weighted by atomic mass is 16.5. The number of methoxy groups -OCH3 is 1. The number of anilines is 2. The first-order valence-corrected chi connectivity index (χ1v) is 11.7. The maximum atomic E-state index is 6.29. The average molecular weight is 442 g/mol. The number of benzene rings is 1. The second kappa shape index (κ2) is 11.3. The standard InChI is InChI=1S/C24H35N5O3/c1-30-21-6-5-19(15-22(21)32-12-4-11-29-9-2-3-10-29)20-17-27-24(28-23(20)25)26-16-18-7-13-31-14-8-18/h5-6,15,17-18H,2-4,7-14,16H2,1H3,(H3,25,26,27,28). The van der Waals surface area contributed by atoms with E-state index in [2.05, 4.69) is 20.2 Å². The number of aromatic nitrogens is 2. The maximum Gasteiger partial charge on any atom is 0.224 e. The third-order valence-electron chi connectivity index (χ3n) is 6.26. The van der Waals surface area contributed by atoms with Crippen molar-refractivity contribution < 1.29 is 14.2 Å². The van der Waals surface area contributed by atoms with Gasteiger partial charge in [0.2, 0.25) is 5.95 Å². The van der Waals surface area contributed by atoms with Gasteiger partial charge < -0.3 is 30.2 Å². The third-order valence-corrected chi connectivity index (χ3v) is 6.26. The van der Waals surface area contributed by atoms with Crippen LogP contribution < -0.4 is 20.5 Å². The molecule has 2 aromatic rings. The zero-order valence-corrected chi connectivity index (χ0v) is 19.0. The molecule has 3 N–H and O–H groups in total. The number of rotatable bonds is 10. The van der Waals surface area contributed by atoms with E-state index in [-0.39, 0.29) is 0 Å². The minimum Gasteiger partial charge on any atom is -0.493 e. The molecule has 0 unspecified atom stereocenters. The van der Waals surface area contributed by atoms with E-state index in [1.165, 1.54) is 25.9 Å². The van der Waals surface area contributed by atoms with Gasteiger partial charge in [-0.15, -0.1) is 0 Å². The van der Waals surface area contributed by atoms with Gasteiger partial charge in [-0.05, 0) is 68.8 Å². The third kappa shape index (κ3) is 6.01. The second-order valence-electron chi connectivity index (χ2n) is 8.55. The Morgan fingerprint density at radius 3 is 2.75 bits per heavy atom. The van der Waals surface area contributed by atoms with Gasteiger partial charge in [-0.25, -0.2) is 4.98 Å². The Morgan fingerprint density at radius 1 is 1.19 bits per heavy atom. The van der Waals surface area contributed by atoms with Gasteiger partial charge in [0, 0.05) is 38.1 Å². The molecule has 8 nitrogen and oxygen atoms in total. The van der Waals surface area contributed by atoms with Gasteiger partial charge in [-0.3, -0.25) is 0 Å². The maximum absolute atomic E-state index is 6.29. The molecule has 3 heterocycles. The van der Waals surface area contributed by atoms with Gasteiger partial charge in [0.25, 0.3) is 0 Å². The first-order valence-electron chi connectivity index (χ1n) is 11.7. The molecule has 8 heteroatoms. The van der Waals surface area contributed by atoms with E-state index in [1.54, 1.807) is 13.3 Å². The van der Waals surface area contributed by atoms with Crippen LogP contribution in [0.2, 0.25) is 0 Å². The molecule has 32 heavy (non-hydrogen) atoms. The Balaban J connectivity index is 1.37. The van der Waals surface area contributed by atoms with Gasteiger partial charge in [0.15, 0.2) is 11.5 Å². The number of hydrogen-bond acceptors (Lipinski definition) is 8.